The Kier molecular flexibility index (Phi) is 6.18. The van der Waals surface area contributed by atoms with Gasteiger partial charge in [-0.3, -0.25) is 14.4 Å². The lowest BCUT2D eigenvalue weighted by Crippen LogP contribution is -2.54. The van der Waals surface area contributed by atoms with Crippen molar-refractivity contribution in [3.63, 3.8) is 0 Å². The van der Waals surface area contributed by atoms with Crippen molar-refractivity contribution < 1.29 is 24.6 Å². The fourth-order valence-corrected chi connectivity index (χ4v) is 2.60. The average molecular weight is 350 g/mol. The molecule has 3 amide bonds. The third kappa shape index (κ3) is 5.08. The van der Waals surface area contributed by atoms with Gasteiger partial charge in [0.15, 0.2) is 0 Å². The fraction of sp³-hybridized carbons (Fsp3) is 0.438. The van der Waals surface area contributed by atoms with Gasteiger partial charge in [0.05, 0.1) is 5.56 Å². The molecule has 0 bridgehead atoms. The summed E-state index contributed by atoms with van der Waals surface area (Å²) in [7, 11) is 0. The van der Waals surface area contributed by atoms with Crippen LogP contribution in [0.15, 0.2) is 18.2 Å². The number of carbonyl (C=O) groups excluding carboxylic acids is 3. The molecule has 136 valence electrons. The van der Waals surface area contributed by atoms with Crippen molar-refractivity contribution in [2.24, 2.45) is 5.73 Å². The Balaban J connectivity index is 2.12. The molecule has 25 heavy (non-hydrogen) atoms. The molecule has 2 rings (SSSR count). The number of phenolic OH excluding ortho intramolecular Hbond substituents is 2. The first-order valence-corrected chi connectivity index (χ1v) is 7.99. The Hall–Kier alpha value is -2.81. The van der Waals surface area contributed by atoms with Crippen LogP contribution in [-0.4, -0.2) is 65.1 Å². The van der Waals surface area contributed by atoms with Crippen LogP contribution in [0.25, 0.3) is 0 Å². The molecule has 0 aromatic heterocycles. The van der Waals surface area contributed by atoms with Crippen molar-refractivity contribution in [3.05, 3.63) is 23.8 Å². The van der Waals surface area contributed by atoms with Crippen LogP contribution in [0.1, 0.15) is 23.2 Å². The maximum Gasteiger partial charge on any atom is 0.255 e. The highest BCUT2D eigenvalue weighted by Crippen LogP contribution is 2.22. The number of hydrogen-bond donors (Lipinski definition) is 5. The predicted octanol–water partition coefficient (Wildman–Crippen LogP) is -1.11. The summed E-state index contributed by atoms with van der Waals surface area (Å²) in [6, 6.07) is 2.61. The minimum atomic E-state index is -0.925. The Bertz CT molecular complexity index is 658. The lowest BCUT2D eigenvalue weighted by molar-refractivity contribution is -0.134. The third-order valence-corrected chi connectivity index (χ3v) is 3.94. The number of phenols is 2. The highest BCUT2D eigenvalue weighted by Gasteiger charge is 2.28. The van der Waals surface area contributed by atoms with Crippen LogP contribution in [-0.2, 0) is 9.59 Å². The molecule has 0 saturated carbocycles. The normalized spacial score (nSPS) is 15.4. The van der Waals surface area contributed by atoms with Crippen LogP contribution in [0.2, 0.25) is 0 Å². The number of nitrogens with one attached hydrogen (secondary N) is 2. The van der Waals surface area contributed by atoms with Crippen molar-refractivity contribution in [2.45, 2.75) is 18.9 Å². The predicted molar refractivity (Wildman–Crippen MR) is 88.9 cm³/mol. The van der Waals surface area contributed by atoms with E-state index in [1.165, 1.54) is 12.1 Å². The molecule has 0 spiro atoms. The molecule has 1 atom stereocenters. The van der Waals surface area contributed by atoms with Crippen molar-refractivity contribution in [1.82, 2.24) is 15.5 Å². The van der Waals surface area contributed by atoms with Crippen LogP contribution in [0.3, 0.4) is 0 Å². The molecule has 0 radical (unpaired) electrons. The van der Waals surface area contributed by atoms with Gasteiger partial charge in [0.1, 0.15) is 17.5 Å². The molecule has 1 heterocycles. The largest absolute Gasteiger partial charge is 0.508 e. The summed E-state index contributed by atoms with van der Waals surface area (Å²) in [6.45, 7) is 2.32. The number of carbonyl (C=O) groups is 3. The number of aromatic hydroxyl groups is 2. The van der Waals surface area contributed by atoms with Gasteiger partial charge in [0.25, 0.3) is 5.91 Å². The van der Waals surface area contributed by atoms with E-state index in [1.807, 2.05) is 0 Å². The second-order valence-corrected chi connectivity index (χ2v) is 5.81. The van der Waals surface area contributed by atoms with Gasteiger partial charge < -0.3 is 31.5 Å². The number of nitrogens with zero attached hydrogens (tertiary/aromatic N) is 1. The number of piperazine rings is 1. The summed E-state index contributed by atoms with van der Waals surface area (Å²) in [6.07, 6.45) is 0.0209. The lowest BCUT2D eigenvalue weighted by Gasteiger charge is -2.31. The smallest absolute Gasteiger partial charge is 0.255 e. The second kappa shape index (κ2) is 8.34. The Labute approximate surface area is 144 Å². The summed E-state index contributed by atoms with van der Waals surface area (Å²) in [5.74, 6) is -2.12. The summed E-state index contributed by atoms with van der Waals surface area (Å²) >= 11 is 0. The topological polar surface area (TPSA) is 145 Å². The van der Waals surface area contributed by atoms with Gasteiger partial charge in [-0.05, 0) is 18.6 Å². The minimum Gasteiger partial charge on any atom is -0.508 e. The van der Waals surface area contributed by atoms with E-state index in [9.17, 15) is 24.6 Å². The molecule has 1 aromatic rings. The molecule has 0 aliphatic carbocycles. The molecule has 1 aliphatic heterocycles. The van der Waals surface area contributed by atoms with E-state index in [2.05, 4.69) is 10.6 Å². The number of hydrogen-bond acceptors (Lipinski definition) is 6. The zero-order valence-electron chi connectivity index (χ0n) is 13.7. The molecule has 1 saturated heterocycles. The quantitative estimate of drug-likeness (QED) is 0.440. The summed E-state index contributed by atoms with van der Waals surface area (Å²) in [5.41, 5.74) is 5.07. The van der Waals surface area contributed by atoms with E-state index in [1.54, 1.807) is 4.90 Å². The monoisotopic (exact) mass is 350 g/mol. The van der Waals surface area contributed by atoms with Gasteiger partial charge >= 0.3 is 0 Å². The standard InChI is InChI=1S/C16H22N4O5/c17-14(23)4-3-12(16(25)20-7-5-18-6-8-20)19-15(24)11-2-1-10(21)9-13(11)22/h1-2,9,12,18,21-22H,3-8H2,(H2,17,23)(H,19,24)/t12-/m0/s1. The first-order chi connectivity index (χ1) is 11.9. The van der Waals surface area contributed by atoms with Gasteiger partial charge in [-0.25, -0.2) is 0 Å². The summed E-state index contributed by atoms with van der Waals surface area (Å²) < 4.78 is 0. The van der Waals surface area contributed by atoms with Crippen LogP contribution in [0.5, 0.6) is 11.5 Å². The van der Waals surface area contributed by atoms with Gasteiger partial charge in [-0.2, -0.15) is 0 Å². The van der Waals surface area contributed by atoms with Crippen LogP contribution in [0, 0.1) is 0 Å². The Morgan fingerprint density at radius 1 is 1.24 bits per heavy atom. The first-order valence-electron chi connectivity index (χ1n) is 7.99. The zero-order valence-corrected chi connectivity index (χ0v) is 13.7. The van der Waals surface area contributed by atoms with Crippen LogP contribution >= 0.6 is 0 Å². The molecule has 1 aliphatic rings. The highest BCUT2D eigenvalue weighted by molar-refractivity contribution is 5.99. The molecule has 9 heteroatoms. The van der Waals surface area contributed by atoms with Crippen molar-refractivity contribution in [1.29, 1.82) is 0 Å². The maximum absolute atomic E-state index is 12.6. The zero-order chi connectivity index (χ0) is 18.4. The number of benzene rings is 1. The number of nitrogens with two attached hydrogens (primary N) is 1. The highest BCUT2D eigenvalue weighted by atomic mass is 16.3. The van der Waals surface area contributed by atoms with E-state index >= 15 is 0 Å². The van der Waals surface area contributed by atoms with E-state index in [4.69, 9.17) is 5.73 Å². The van der Waals surface area contributed by atoms with Crippen molar-refractivity contribution >= 4 is 17.7 Å². The maximum atomic E-state index is 12.6. The minimum absolute atomic E-state index is 0.0513. The fourth-order valence-electron chi connectivity index (χ4n) is 2.60. The van der Waals surface area contributed by atoms with Gasteiger partial charge in [-0.1, -0.05) is 0 Å². The van der Waals surface area contributed by atoms with E-state index in [-0.39, 0.29) is 30.1 Å². The first kappa shape index (κ1) is 18.5. The lowest BCUT2D eigenvalue weighted by atomic mass is 10.1. The number of primary amides is 1. The summed E-state index contributed by atoms with van der Waals surface area (Å²) in [4.78, 5) is 37.7. The Morgan fingerprint density at radius 3 is 2.52 bits per heavy atom. The van der Waals surface area contributed by atoms with Crippen molar-refractivity contribution in [2.75, 3.05) is 26.2 Å². The van der Waals surface area contributed by atoms with E-state index in [0.717, 1.165) is 6.07 Å². The molecule has 6 N–H and O–H groups in total. The molecule has 1 fully saturated rings. The van der Waals surface area contributed by atoms with Crippen LogP contribution in [0.4, 0.5) is 0 Å². The average Bonchev–Trinajstić information content (AvgIpc) is 2.58. The number of amides is 3. The SMILES string of the molecule is NC(=O)CC[C@H](NC(=O)c1ccc(O)cc1O)C(=O)N1CCNCC1. The van der Waals surface area contributed by atoms with Gasteiger partial charge in [0, 0.05) is 38.7 Å². The second-order valence-electron chi connectivity index (χ2n) is 5.81. The third-order valence-electron chi connectivity index (χ3n) is 3.94. The Morgan fingerprint density at radius 2 is 1.92 bits per heavy atom. The molecular weight excluding hydrogens is 328 g/mol. The van der Waals surface area contributed by atoms with Crippen molar-refractivity contribution in [3.8, 4) is 11.5 Å². The molecule has 9 nitrogen and oxygen atoms in total. The van der Waals surface area contributed by atoms with E-state index in [0.29, 0.717) is 26.2 Å². The van der Waals surface area contributed by atoms with Crippen LogP contribution < -0.4 is 16.4 Å². The van der Waals surface area contributed by atoms with Gasteiger partial charge in [0.2, 0.25) is 11.8 Å². The summed E-state index contributed by atoms with van der Waals surface area (Å²) in [5, 5.41) is 24.7. The molecular formula is C16H22N4O5. The number of rotatable bonds is 6. The molecule has 0 unspecified atom stereocenters. The van der Waals surface area contributed by atoms with E-state index < -0.39 is 23.6 Å². The van der Waals surface area contributed by atoms with Gasteiger partial charge in [-0.15, -0.1) is 0 Å². The molecule has 1 aromatic carbocycles.